The lowest BCUT2D eigenvalue weighted by Gasteiger charge is -2.31. The molecule has 5 rings (SSSR count). The van der Waals surface area contributed by atoms with E-state index in [0.29, 0.717) is 11.3 Å². The van der Waals surface area contributed by atoms with Crippen LogP contribution in [-0.2, 0) is 0 Å². The number of hydrogen-bond donors (Lipinski definition) is 0. The van der Waals surface area contributed by atoms with Gasteiger partial charge in [0.15, 0.2) is 0 Å². The molecule has 0 radical (unpaired) electrons. The molecule has 1 unspecified atom stereocenters. The minimum Gasteiger partial charge on any atom is -0.248 e. The fourth-order valence-corrected chi connectivity index (χ4v) is 4.75. The molecule has 0 spiro atoms. The molecule has 2 nitrogen and oxygen atoms in total. The molecule has 1 atom stereocenters. The smallest absolute Gasteiger partial charge is 0.240 e. The Hall–Kier alpha value is -3.03. The average Bonchev–Trinajstić information content (AvgIpc) is 3.06. The van der Waals surface area contributed by atoms with Crippen LogP contribution in [0.15, 0.2) is 79.4 Å². The van der Waals surface area contributed by atoms with E-state index in [2.05, 4.69) is 81.7 Å². The van der Waals surface area contributed by atoms with Gasteiger partial charge in [-0.15, -0.1) is 5.10 Å². The second-order valence-electron chi connectivity index (χ2n) is 8.08. The maximum Gasteiger partial charge on any atom is 0.240 e. The first kappa shape index (κ1) is 19.9. The van der Waals surface area contributed by atoms with Gasteiger partial charge in [-0.05, 0) is 73.7 Å². The van der Waals surface area contributed by atoms with Gasteiger partial charge in [-0.2, -0.15) is 4.39 Å². The van der Waals surface area contributed by atoms with Crippen molar-refractivity contribution in [2.45, 2.75) is 19.3 Å². The van der Waals surface area contributed by atoms with Crippen LogP contribution in [0.5, 0.6) is 0 Å². The van der Waals surface area contributed by atoms with Crippen molar-refractivity contribution < 1.29 is 4.39 Å². The van der Waals surface area contributed by atoms with Crippen LogP contribution < -0.4 is 0 Å². The molecule has 1 aliphatic carbocycles. The number of rotatable bonds is 5. The summed E-state index contributed by atoms with van der Waals surface area (Å²) >= 11 is 0. The number of nitrogens with zero attached hydrogens (tertiary/aromatic N) is 2. The molecule has 4 heteroatoms. The summed E-state index contributed by atoms with van der Waals surface area (Å²) in [4.78, 5) is 0. The largest absolute Gasteiger partial charge is 0.248 e. The number of fused-ring (bicyclic) bond motifs is 1. The molecule has 4 aromatic rings. The van der Waals surface area contributed by atoms with E-state index in [-0.39, 0.29) is 0 Å². The Morgan fingerprint density at radius 2 is 1.68 bits per heavy atom. The lowest BCUT2D eigenvalue weighted by Crippen LogP contribution is -2.15. The molecule has 1 aromatic heterocycles. The second-order valence-corrected chi connectivity index (χ2v) is 8.57. The Bertz CT molecular complexity index is 1280. The van der Waals surface area contributed by atoms with Gasteiger partial charge < -0.3 is 0 Å². The van der Waals surface area contributed by atoms with Crippen LogP contribution in [0.4, 0.5) is 4.39 Å². The molecule has 1 saturated carbocycles. The number of halogens is 1. The maximum absolute atomic E-state index is 14.5. The molecule has 0 amide bonds. The summed E-state index contributed by atoms with van der Waals surface area (Å²) in [5.74, 6) is 0.0552. The van der Waals surface area contributed by atoms with E-state index in [9.17, 15) is 4.39 Å². The van der Waals surface area contributed by atoms with Crippen molar-refractivity contribution >= 4 is 37.5 Å². The summed E-state index contributed by atoms with van der Waals surface area (Å²) in [7, 11) is 2.45. The van der Waals surface area contributed by atoms with E-state index < -0.39 is 5.95 Å². The van der Waals surface area contributed by atoms with E-state index in [1.54, 1.807) is 0 Å². The van der Waals surface area contributed by atoms with Crippen molar-refractivity contribution in [1.29, 1.82) is 0 Å². The maximum atomic E-state index is 14.5. The zero-order chi connectivity index (χ0) is 21.4. The highest BCUT2D eigenvalue weighted by atomic mass is 31.0. The topological polar surface area (TPSA) is 17.8 Å². The highest BCUT2D eigenvalue weighted by Gasteiger charge is 2.27. The minimum absolute atomic E-state index is 0.446. The van der Waals surface area contributed by atoms with Crippen LogP contribution in [0, 0.1) is 11.9 Å². The first-order chi connectivity index (χ1) is 15.2. The number of benzene rings is 3. The molecule has 1 aliphatic rings. The molecule has 3 aromatic carbocycles. The highest BCUT2D eigenvalue weighted by molar-refractivity contribution is 7.14. The van der Waals surface area contributed by atoms with E-state index in [1.807, 2.05) is 18.2 Å². The summed E-state index contributed by atoms with van der Waals surface area (Å²) in [6, 6.07) is 25.1. The quantitative estimate of drug-likeness (QED) is 0.243. The minimum atomic E-state index is -0.446. The Morgan fingerprint density at radius 3 is 2.32 bits per heavy atom. The summed E-state index contributed by atoms with van der Waals surface area (Å²) in [5.41, 5.74) is 7.74. The van der Waals surface area contributed by atoms with Crippen LogP contribution in [0.1, 0.15) is 41.5 Å². The number of aromatic nitrogens is 2. The first-order valence-electron chi connectivity index (χ1n) is 10.6. The van der Waals surface area contributed by atoms with Crippen molar-refractivity contribution in [2.24, 2.45) is 5.92 Å². The van der Waals surface area contributed by atoms with Crippen molar-refractivity contribution in [3.63, 3.8) is 0 Å². The van der Waals surface area contributed by atoms with Gasteiger partial charge in [-0.3, -0.25) is 0 Å². The van der Waals surface area contributed by atoms with Crippen LogP contribution in [-0.4, -0.2) is 9.55 Å². The summed E-state index contributed by atoms with van der Waals surface area (Å²) in [5, 5.41) is 4.47. The molecule has 31 heavy (non-hydrogen) atoms. The lowest BCUT2D eigenvalue weighted by molar-refractivity contribution is 0.401. The number of hydrogen-bond acceptors (Lipinski definition) is 1. The average molecular weight is 426 g/mol. The Labute approximate surface area is 184 Å². The first-order valence-corrected chi connectivity index (χ1v) is 11.1. The third-order valence-electron chi connectivity index (χ3n) is 6.25. The second kappa shape index (κ2) is 8.24. The van der Waals surface area contributed by atoms with E-state index >= 15 is 0 Å². The molecular weight excluding hydrogens is 402 g/mol. The van der Waals surface area contributed by atoms with Gasteiger partial charge in [-0.1, -0.05) is 79.7 Å². The highest BCUT2D eigenvalue weighted by Crippen LogP contribution is 2.45. The molecule has 1 fully saturated rings. The fourth-order valence-electron chi connectivity index (χ4n) is 4.42. The van der Waals surface area contributed by atoms with E-state index in [0.717, 1.165) is 22.2 Å². The standard InChI is InChI=1S/C27H24FN2P/c1-2-18-11-13-21(14-12-18)26(22-15-16-24-23(17-22)27(28)29-30(24)31)25(20-9-6-10-20)19-7-4-3-5-8-19/h2-5,7-8,11-17,20H,1,6,9-10,31H2/b26-25-. The summed E-state index contributed by atoms with van der Waals surface area (Å²) < 4.78 is 16.1. The molecule has 154 valence electrons. The van der Waals surface area contributed by atoms with Crippen LogP contribution in [0.2, 0.25) is 0 Å². The Balaban J connectivity index is 1.81. The predicted octanol–water partition coefficient (Wildman–Crippen LogP) is 7.22. The molecule has 0 N–H and O–H groups in total. The molecule has 1 heterocycles. The SMILES string of the molecule is C=Cc1ccc(/C(=C(\c2ccccc2)C2CCC2)c2ccc3c(c2)c(F)nn3P)cc1. The molecular formula is C27H24FN2P. The Morgan fingerprint density at radius 1 is 0.968 bits per heavy atom. The van der Waals surface area contributed by atoms with E-state index in [4.69, 9.17) is 0 Å². The van der Waals surface area contributed by atoms with Crippen LogP contribution in [0.25, 0.3) is 28.1 Å². The van der Waals surface area contributed by atoms with Crippen molar-refractivity contribution in [3.8, 4) is 0 Å². The summed E-state index contributed by atoms with van der Waals surface area (Å²) in [6.45, 7) is 3.88. The van der Waals surface area contributed by atoms with Gasteiger partial charge in [0.05, 0.1) is 10.9 Å². The van der Waals surface area contributed by atoms with Gasteiger partial charge in [0, 0.05) is 0 Å². The third-order valence-corrected chi connectivity index (χ3v) is 6.65. The van der Waals surface area contributed by atoms with Crippen LogP contribution >= 0.6 is 9.39 Å². The predicted molar refractivity (Wildman–Crippen MR) is 131 cm³/mol. The zero-order valence-electron chi connectivity index (χ0n) is 17.3. The third kappa shape index (κ3) is 3.64. The summed E-state index contributed by atoms with van der Waals surface area (Å²) in [6.07, 6.45) is 5.46. The molecule has 0 aliphatic heterocycles. The van der Waals surface area contributed by atoms with Gasteiger partial charge >= 0.3 is 0 Å². The number of allylic oxidation sites excluding steroid dienone is 1. The normalized spacial score (nSPS) is 14.9. The fraction of sp³-hybridized carbons (Fsp3) is 0.148. The van der Waals surface area contributed by atoms with E-state index in [1.165, 1.54) is 40.4 Å². The molecule has 0 bridgehead atoms. The van der Waals surface area contributed by atoms with Gasteiger partial charge in [0.25, 0.3) is 0 Å². The molecule has 0 saturated heterocycles. The zero-order valence-corrected chi connectivity index (χ0v) is 18.4. The van der Waals surface area contributed by atoms with Gasteiger partial charge in [0.1, 0.15) is 0 Å². The van der Waals surface area contributed by atoms with Crippen molar-refractivity contribution in [1.82, 2.24) is 9.55 Å². The lowest BCUT2D eigenvalue weighted by atomic mass is 9.73. The van der Waals surface area contributed by atoms with Gasteiger partial charge in [-0.25, -0.2) is 4.45 Å². The van der Waals surface area contributed by atoms with Gasteiger partial charge in [0.2, 0.25) is 5.95 Å². The Kier molecular flexibility index (Phi) is 5.29. The van der Waals surface area contributed by atoms with Crippen LogP contribution in [0.3, 0.4) is 0 Å². The van der Waals surface area contributed by atoms with Crippen molar-refractivity contribution in [2.75, 3.05) is 0 Å². The van der Waals surface area contributed by atoms with Crippen molar-refractivity contribution in [3.05, 3.63) is 108 Å². The monoisotopic (exact) mass is 426 g/mol.